The third kappa shape index (κ3) is 7.38. The Morgan fingerprint density at radius 3 is 1.65 bits per heavy atom. The predicted molar refractivity (Wildman–Crippen MR) is 109 cm³/mol. The summed E-state index contributed by atoms with van der Waals surface area (Å²) < 4.78 is 0. The summed E-state index contributed by atoms with van der Waals surface area (Å²) in [6.45, 7) is 8.33. The summed E-state index contributed by atoms with van der Waals surface area (Å²) in [6.07, 6.45) is 12.0. The smallest absolute Gasteiger partial charge is 0.232 e. The number of unbranched alkanes of at least 4 members (excludes halogenated alkanes) is 4. The van der Waals surface area contributed by atoms with Gasteiger partial charge in [0.1, 0.15) is 0 Å². The number of carbonyl (C=O) groups is 2. The first kappa shape index (κ1) is 23.1. The van der Waals surface area contributed by atoms with Crippen molar-refractivity contribution in [1.29, 1.82) is 0 Å². The maximum atomic E-state index is 13.2. The normalized spacial score (nSPS) is 22.7. The van der Waals surface area contributed by atoms with Gasteiger partial charge in [0.2, 0.25) is 11.8 Å². The molecule has 4 heteroatoms. The number of carbonyl (C=O) groups excluding carboxylic acids is 2. The molecule has 1 aliphatic rings. The van der Waals surface area contributed by atoms with Crippen LogP contribution in [0.3, 0.4) is 0 Å². The summed E-state index contributed by atoms with van der Waals surface area (Å²) in [6, 6.07) is 0.277. The van der Waals surface area contributed by atoms with Crippen molar-refractivity contribution in [3.05, 3.63) is 0 Å². The van der Waals surface area contributed by atoms with Crippen molar-refractivity contribution in [3.63, 3.8) is 0 Å². The largest absolute Gasteiger partial charge is 0.328 e. The van der Waals surface area contributed by atoms with Crippen LogP contribution < -0.4 is 5.73 Å². The Labute approximate surface area is 161 Å². The second-order valence-corrected chi connectivity index (χ2v) is 8.41. The monoisotopic (exact) mass is 366 g/mol. The number of amides is 2. The van der Waals surface area contributed by atoms with E-state index in [0.717, 1.165) is 77.0 Å². The highest BCUT2D eigenvalue weighted by Gasteiger charge is 2.36. The van der Waals surface area contributed by atoms with Crippen LogP contribution >= 0.6 is 0 Å². The summed E-state index contributed by atoms with van der Waals surface area (Å²) in [4.78, 5) is 28.0. The Kier molecular flexibility index (Phi) is 11.1. The Hall–Kier alpha value is -0.900. The lowest BCUT2D eigenvalue weighted by molar-refractivity contribution is -0.153. The van der Waals surface area contributed by atoms with Crippen LogP contribution in [0.25, 0.3) is 0 Å². The van der Waals surface area contributed by atoms with E-state index in [1.54, 1.807) is 4.90 Å². The van der Waals surface area contributed by atoms with Crippen molar-refractivity contribution in [2.24, 2.45) is 17.6 Å². The summed E-state index contributed by atoms with van der Waals surface area (Å²) >= 11 is 0. The van der Waals surface area contributed by atoms with Crippen molar-refractivity contribution < 1.29 is 9.59 Å². The van der Waals surface area contributed by atoms with Gasteiger partial charge in [0.15, 0.2) is 0 Å². The minimum Gasteiger partial charge on any atom is -0.328 e. The van der Waals surface area contributed by atoms with Gasteiger partial charge in [-0.1, -0.05) is 66.2 Å². The number of rotatable bonds is 11. The molecule has 0 radical (unpaired) electrons. The number of nitrogens with two attached hydrogens (primary N) is 1. The predicted octanol–water partition coefficient (Wildman–Crippen LogP) is 5.04. The first-order chi connectivity index (χ1) is 12.4. The van der Waals surface area contributed by atoms with Crippen LogP contribution in [-0.4, -0.2) is 28.8 Å². The highest BCUT2D eigenvalue weighted by Crippen LogP contribution is 2.27. The lowest BCUT2D eigenvalue weighted by Gasteiger charge is -2.37. The highest BCUT2D eigenvalue weighted by molar-refractivity contribution is 5.97. The minimum atomic E-state index is -0.0658. The van der Waals surface area contributed by atoms with E-state index in [2.05, 4.69) is 13.8 Å². The fourth-order valence-electron chi connectivity index (χ4n) is 3.95. The molecule has 0 aliphatic heterocycles. The first-order valence-corrected chi connectivity index (χ1v) is 11.0. The summed E-state index contributed by atoms with van der Waals surface area (Å²) in [5.41, 5.74) is 6.04. The number of imide groups is 1. The van der Waals surface area contributed by atoms with Gasteiger partial charge in [-0.2, -0.15) is 0 Å². The summed E-state index contributed by atoms with van der Waals surface area (Å²) in [5, 5.41) is 0. The van der Waals surface area contributed by atoms with Gasteiger partial charge in [-0.3, -0.25) is 14.5 Å². The van der Waals surface area contributed by atoms with E-state index in [1.165, 1.54) is 0 Å². The molecule has 0 aromatic carbocycles. The van der Waals surface area contributed by atoms with Gasteiger partial charge in [0, 0.05) is 23.9 Å². The van der Waals surface area contributed by atoms with E-state index in [4.69, 9.17) is 5.73 Å². The van der Waals surface area contributed by atoms with Crippen molar-refractivity contribution in [2.75, 3.05) is 0 Å². The zero-order valence-corrected chi connectivity index (χ0v) is 17.6. The Balaban J connectivity index is 2.80. The molecule has 1 fully saturated rings. The van der Waals surface area contributed by atoms with Crippen molar-refractivity contribution in [3.8, 4) is 0 Å². The number of nitrogens with zero attached hydrogens (tertiary/aromatic N) is 1. The van der Waals surface area contributed by atoms with Gasteiger partial charge < -0.3 is 5.73 Å². The average Bonchev–Trinajstić information content (AvgIpc) is 2.63. The fraction of sp³-hybridized carbons (Fsp3) is 0.909. The molecule has 0 bridgehead atoms. The van der Waals surface area contributed by atoms with Crippen LogP contribution in [0.4, 0.5) is 0 Å². The second kappa shape index (κ2) is 12.5. The molecule has 1 rings (SSSR count). The molecule has 0 spiro atoms. The third-order valence-electron chi connectivity index (χ3n) is 5.91. The maximum Gasteiger partial charge on any atom is 0.232 e. The summed E-state index contributed by atoms with van der Waals surface area (Å²) in [7, 11) is 0. The van der Waals surface area contributed by atoms with E-state index in [-0.39, 0.29) is 35.7 Å². The lowest BCUT2D eigenvalue weighted by atomic mass is 9.88. The fourth-order valence-corrected chi connectivity index (χ4v) is 3.95. The molecule has 2 unspecified atom stereocenters. The summed E-state index contributed by atoms with van der Waals surface area (Å²) in [5.74, 6) is -0.0317. The molecule has 0 heterocycles. The van der Waals surface area contributed by atoms with E-state index < -0.39 is 0 Å². The molecular formula is C22H42N2O2. The molecule has 4 nitrogen and oxygen atoms in total. The molecule has 2 amide bonds. The molecule has 1 saturated carbocycles. The SMILES string of the molecule is CCCCCC(C)C(=O)N(C(=O)C(C)CCCCC)C1CCC(N)CC1. The van der Waals surface area contributed by atoms with Crippen molar-refractivity contribution in [2.45, 2.75) is 117 Å². The van der Waals surface area contributed by atoms with Gasteiger partial charge in [-0.15, -0.1) is 0 Å². The quantitative estimate of drug-likeness (QED) is 0.521. The number of hydrogen-bond acceptors (Lipinski definition) is 3. The minimum absolute atomic E-state index is 0.0499. The van der Waals surface area contributed by atoms with E-state index in [0.29, 0.717) is 0 Å². The van der Waals surface area contributed by atoms with Crippen LogP contribution in [0.5, 0.6) is 0 Å². The van der Waals surface area contributed by atoms with Crippen LogP contribution in [0, 0.1) is 11.8 Å². The zero-order chi connectivity index (χ0) is 19.5. The number of hydrogen-bond donors (Lipinski definition) is 1. The van der Waals surface area contributed by atoms with Gasteiger partial charge in [-0.05, 0) is 38.5 Å². The van der Waals surface area contributed by atoms with Gasteiger partial charge in [0.25, 0.3) is 0 Å². The van der Waals surface area contributed by atoms with Crippen LogP contribution in [0.15, 0.2) is 0 Å². The molecule has 2 atom stereocenters. The van der Waals surface area contributed by atoms with Crippen LogP contribution in [0.2, 0.25) is 0 Å². The molecule has 26 heavy (non-hydrogen) atoms. The molecule has 2 N–H and O–H groups in total. The first-order valence-electron chi connectivity index (χ1n) is 11.0. The molecule has 0 saturated heterocycles. The van der Waals surface area contributed by atoms with Crippen LogP contribution in [0.1, 0.15) is 105 Å². The third-order valence-corrected chi connectivity index (χ3v) is 5.91. The Morgan fingerprint density at radius 2 is 1.27 bits per heavy atom. The maximum absolute atomic E-state index is 13.2. The zero-order valence-electron chi connectivity index (χ0n) is 17.6. The standard InChI is InChI=1S/C22H42N2O2/c1-5-7-9-11-17(3)21(25)24(20-15-13-19(23)14-16-20)22(26)18(4)12-10-8-6-2/h17-20H,5-16,23H2,1-4H3. The van der Waals surface area contributed by atoms with Gasteiger partial charge in [0.05, 0.1) is 0 Å². The van der Waals surface area contributed by atoms with Crippen molar-refractivity contribution >= 4 is 11.8 Å². The van der Waals surface area contributed by atoms with Crippen LogP contribution in [-0.2, 0) is 9.59 Å². The Bertz CT molecular complexity index is 388. The lowest BCUT2D eigenvalue weighted by Crippen LogP contribution is -2.51. The van der Waals surface area contributed by atoms with E-state index in [1.807, 2.05) is 13.8 Å². The van der Waals surface area contributed by atoms with E-state index in [9.17, 15) is 9.59 Å². The van der Waals surface area contributed by atoms with Gasteiger partial charge in [-0.25, -0.2) is 0 Å². The molecule has 1 aliphatic carbocycles. The van der Waals surface area contributed by atoms with E-state index >= 15 is 0 Å². The molecule has 0 aromatic heterocycles. The molecule has 152 valence electrons. The topological polar surface area (TPSA) is 63.4 Å². The van der Waals surface area contributed by atoms with Gasteiger partial charge >= 0.3 is 0 Å². The molecular weight excluding hydrogens is 324 g/mol. The molecule has 0 aromatic rings. The Morgan fingerprint density at radius 1 is 0.846 bits per heavy atom. The highest BCUT2D eigenvalue weighted by atomic mass is 16.2. The second-order valence-electron chi connectivity index (χ2n) is 8.41. The average molecular weight is 367 g/mol. The van der Waals surface area contributed by atoms with Crippen molar-refractivity contribution in [1.82, 2.24) is 4.90 Å².